The van der Waals surface area contributed by atoms with Gasteiger partial charge in [-0.15, -0.1) is 0 Å². The largest absolute Gasteiger partial charge is 0.493 e. The molecule has 1 N–H and O–H groups in total. The van der Waals surface area contributed by atoms with Crippen LogP contribution in [0.2, 0.25) is 0 Å². The zero-order valence-corrected chi connectivity index (χ0v) is 19.6. The molecule has 5 heteroatoms. The molecule has 0 fully saturated rings. The monoisotopic (exact) mass is 442 g/mol. The van der Waals surface area contributed by atoms with Gasteiger partial charge in [-0.1, -0.05) is 39.8 Å². The lowest BCUT2D eigenvalue weighted by Gasteiger charge is -2.10. The zero-order chi connectivity index (χ0) is 23.4. The minimum Gasteiger partial charge on any atom is -0.493 e. The van der Waals surface area contributed by atoms with Gasteiger partial charge in [0.05, 0.1) is 6.61 Å². The Morgan fingerprint density at radius 1 is 1.03 bits per heavy atom. The maximum absolute atomic E-state index is 12.7. The summed E-state index contributed by atoms with van der Waals surface area (Å²) in [5, 5.41) is 2.94. The summed E-state index contributed by atoms with van der Waals surface area (Å²) in [5.74, 6) is 1.99. The van der Waals surface area contributed by atoms with E-state index in [4.69, 9.17) is 9.15 Å². The number of hydrogen-bond donors (Lipinski definition) is 1. The fourth-order valence-corrected chi connectivity index (χ4v) is 3.50. The molecule has 0 aliphatic rings. The van der Waals surface area contributed by atoms with Crippen LogP contribution in [0.1, 0.15) is 56.0 Å². The number of rotatable bonds is 8. The summed E-state index contributed by atoms with van der Waals surface area (Å²) in [6.45, 7) is 9.18. The first-order chi connectivity index (χ1) is 15.9. The standard InChI is InChI=1S/C28H30N2O3/c1-5-19(4)21-11-14-26-25(16-21)30-28(33-26)20-9-12-23(13-10-20)29-27(31)22-7-6-8-24(15-22)32-17-18(2)3/h6-16,18-19H,5,17H2,1-4H3,(H,29,31)/t19-/m1/s1. The van der Waals surface area contributed by atoms with Gasteiger partial charge in [-0.3, -0.25) is 4.79 Å². The van der Waals surface area contributed by atoms with Gasteiger partial charge < -0.3 is 14.5 Å². The number of nitrogens with one attached hydrogen (secondary N) is 1. The first kappa shape index (κ1) is 22.6. The molecule has 1 amide bonds. The molecule has 0 aliphatic carbocycles. The number of nitrogens with zero attached hydrogens (tertiary/aromatic N) is 1. The van der Waals surface area contributed by atoms with E-state index in [-0.39, 0.29) is 5.91 Å². The Bertz CT molecular complexity index is 1240. The van der Waals surface area contributed by atoms with Crippen LogP contribution in [0.25, 0.3) is 22.6 Å². The predicted octanol–water partition coefficient (Wildman–Crippen LogP) is 7.30. The molecular weight excluding hydrogens is 412 g/mol. The molecule has 3 aromatic carbocycles. The number of anilines is 1. The summed E-state index contributed by atoms with van der Waals surface area (Å²) in [4.78, 5) is 17.4. The highest BCUT2D eigenvalue weighted by Crippen LogP contribution is 2.28. The normalized spacial score (nSPS) is 12.2. The van der Waals surface area contributed by atoms with Crippen LogP contribution in [-0.4, -0.2) is 17.5 Å². The summed E-state index contributed by atoms with van der Waals surface area (Å²) >= 11 is 0. The molecule has 5 nitrogen and oxygen atoms in total. The summed E-state index contributed by atoms with van der Waals surface area (Å²) in [6, 6.07) is 20.9. The van der Waals surface area contributed by atoms with Crippen LogP contribution in [0.4, 0.5) is 5.69 Å². The molecule has 1 heterocycles. The van der Waals surface area contributed by atoms with E-state index in [2.05, 4.69) is 50.1 Å². The number of carbonyl (C=O) groups is 1. The number of amides is 1. The van der Waals surface area contributed by atoms with Gasteiger partial charge >= 0.3 is 0 Å². The average molecular weight is 443 g/mol. The summed E-state index contributed by atoms with van der Waals surface area (Å²) in [5.41, 5.74) is 5.01. The number of carbonyl (C=O) groups excluding carboxylic acids is 1. The Balaban J connectivity index is 1.46. The molecule has 0 unspecified atom stereocenters. The van der Waals surface area contributed by atoms with Crippen molar-refractivity contribution in [1.29, 1.82) is 0 Å². The topological polar surface area (TPSA) is 64.4 Å². The van der Waals surface area contributed by atoms with Gasteiger partial charge in [0, 0.05) is 16.8 Å². The number of aromatic nitrogens is 1. The van der Waals surface area contributed by atoms with Gasteiger partial charge in [-0.05, 0) is 78.4 Å². The summed E-state index contributed by atoms with van der Waals surface area (Å²) in [6.07, 6.45) is 1.08. The quantitative estimate of drug-likeness (QED) is 0.311. The molecule has 0 bridgehead atoms. The first-order valence-corrected chi connectivity index (χ1v) is 11.5. The summed E-state index contributed by atoms with van der Waals surface area (Å²) < 4.78 is 11.7. The molecule has 4 aromatic rings. The first-order valence-electron chi connectivity index (χ1n) is 11.5. The van der Waals surface area contributed by atoms with Crippen molar-refractivity contribution in [3.8, 4) is 17.2 Å². The fraction of sp³-hybridized carbons (Fsp3) is 0.286. The molecule has 1 aromatic heterocycles. The van der Waals surface area contributed by atoms with Crippen LogP contribution in [0.5, 0.6) is 5.75 Å². The van der Waals surface area contributed by atoms with Crippen molar-refractivity contribution in [2.24, 2.45) is 5.92 Å². The van der Waals surface area contributed by atoms with Crippen molar-refractivity contribution in [2.45, 2.75) is 40.0 Å². The Labute approximate surface area is 194 Å². The van der Waals surface area contributed by atoms with Crippen LogP contribution >= 0.6 is 0 Å². The van der Waals surface area contributed by atoms with Crippen molar-refractivity contribution in [3.05, 3.63) is 77.9 Å². The van der Waals surface area contributed by atoms with Crippen LogP contribution in [0.15, 0.2) is 71.1 Å². The molecule has 0 saturated carbocycles. The minimum absolute atomic E-state index is 0.183. The molecule has 0 saturated heterocycles. The number of benzene rings is 3. The smallest absolute Gasteiger partial charge is 0.255 e. The number of ether oxygens (including phenoxy) is 1. The Hall–Kier alpha value is -3.60. The predicted molar refractivity (Wildman–Crippen MR) is 133 cm³/mol. The second-order valence-electron chi connectivity index (χ2n) is 8.82. The Kier molecular flexibility index (Phi) is 6.78. The maximum Gasteiger partial charge on any atom is 0.255 e. The van der Waals surface area contributed by atoms with Crippen LogP contribution in [-0.2, 0) is 0 Å². The third kappa shape index (κ3) is 5.43. The molecule has 33 heavy (non-hydrogen) atoms. The van der Waals surface area contributed by atoms with E-state index < -0.39 is 0 Å². The number of fused-ring (bicyclic) bond motifs is 1. The second-order valence-corrected chi connectivity index (χ2v) is 8.82. The third-order valence-electron chi connectivity index (χ3n) is 5.66. The molecule has 0 spiro atoms. The van der Waals surface area contributed by atoms with Gasteiger partial charge in [0.1, 0.15) is 11.3 Å². The van der Waals surface area contributed by atoms with E-state index in [0.717, 1.165) is 23.1 Å². The molecule has 4 rings (SSSR count). The van der Waals surface area contributed by atoms with Crippen molar-refractivity contribution in [1.82, 2.24) is 4.98 Å². The molecule has 0 radical (unpaired) electrons. The van der Waals surface area contributed by atoms with Gasteiger partial charge in [0.2, 0.25) is 5.89 Å². The Morgan fingerprint density at radius 2 is 1.82 bits per heavy atom. The van der Waals surface area contributed by atoms with E-state index in [9.17, 15) is 4.79 Å². The molecule has 1 atom stereocenters. The van der Waals surface area contributed by atoms with Crippen LogP contribution in [0, 0.1) is 5.92 Å². The highest BCUT2D eigenvalue weighted by atomic mass is 16.5. The van der Waals surface area contributed by atoms with Crippen LogP contribution in [0.3, 0.4) is 0 Å². The van der Waals surface area contributed by atoms with E-state index in [1.54, 1.807) is 12.1 Å². The van der Waals surface area contributed by atoms with Gasteiger partial charge in [-0.25, -0.2) is 4.98 Å². The summed E-state index contributed by atoms with van der Waals surface area (Å²) in [7, 11) is 0. The van der Waals surface area contributed by atoms with Crippen molar-refractivity contribution in [2.75, 3.05) is 11.9 Å². The van der Waals surface area contributed by atoms with E-state index >= 15 is 0 Å². The average Bonchev–Trinajstić information content (AvgIpc) is 3.26. The molecule has 170 valence electrons. The number of hydrogen-bond acceptors (Lipinski definition) is 4. The zero-order valence-electron chi connectivity index (χ0n) is 19.6. The minimum atomic E-state index is -0.183. The van der Waals surface area contributed by atoms with E-state index in [0.29, 0.717) is 41.3 Å². The fourth-order valence-electron chi connectivity index (χ4n) is 3.50. The van der Waals surface area contributed by atoms with Gasteiger partial charge in [0.15, 0.2) is 5.58 Å². The molecule has 0 aliphatic heterocycles. The lowest BCUT2D eigenvalue weighted by Crippen LogP contribution is -2.12. The molecular formula is C28H30N2O3. The highest BCUT2D eigenvalue weighted by Gasteiger charge is 2.12. The van der Waals surface area contributed by atoms with Gasteiger partial charge in [-0.2, -0.15) is 0 Å². The Morgan fingerprint density at radius 3 is 2.55 bits per heavy atom. The lowest BCUT2D eigenvalue weighted by molar-refractivity contribution is 0.102. The van der Waals surface area contributed by atoms with E-state index in [1.807, 2.05) is 42.5 Å². The van der Waals surface area contributed by atoms with E-state index in [1.165, 1.54) is 5.56 Å². The van der Waals surface area contributed by atoms with Gasteiger partial charge in [0.25, 0.3) is 5.91 Å². The lowest BCUT2D eigenvalue weighted by atomic mass is 9.98. The SMILES string of the molecule is CC[C@@H](C)c1ccc2oc(-c3ccc(NC(=O)c4cccc(OCC(C)C)c4)cc3)nc2c1. The second kappa shape index (κ2) is 9.90. The van der Waals surface area contributed by atoms with Crippen LogP contribution < -0.4 is 10.1 Å². The van der Waals surface area contributed by atoms with Crippen molar-refractivity contribution in [3.63, 3.8) is 0 Å². The highest BCUT2D eigenvalue weighted by molar-refractivity contribution is 6.04. The van der Waals surface area contributed by atoms with Crippen molar-refractivity contribution >= 4 is 22.7 Å². The van der Waals surface area contributed by atoms with Crippen molar-refractivity contribution < 1.29 is 13.9 Å². The number of oxazole rings is 1. The third-order valence-corrected chi connectivity index (χ3v) is 5.66. The maximum atomic E-state index is 12.7.